The largest absolute Gasteiger partial charge is 0.350 e. The molecule has 96 valence electrons. The van der Waals surface area contributed by atoms with Crippen LogP contribution in [0.5, 0.6) is 0 Å². The molecule has 3 rings (SSSR count). The second kappa shape index (κ2) is 4.43. The Morgan fingerprint density at radius 3 is 2.72 bits per heavy atom. The van der Waals surface area contributed by atoms with Crippen LogP contribution in [0.3, 0.4) is 0 Å². The summed E-state index contributed by atoms with van der Waals surface area (Å²) in [5.41, 5.74) is 10.5. The molecule has 1 atom stereocenters. The highest BCUT2D eigenvalue weighted by Crippen LogP contribution is 2.37. The molecule has 1 aromatic heterocycles. The first-order chi connectivity index (χ1) is 8.66. The fourth-order valence-corrected chi connectivity index (χ4v) is 3.37. The summed E-state index contributed by atoms with van der Waals surface area (Å²) in [5.74, 6) is 0.677. The molecule has 0 spiro atoms. The third kappa shape index (κ3) is 1.85. The van der Waals surface area contributed by atoms with Gasteiger partial charge in [0.15, 0.2) is 0 Å². The molecule has 1 aliphatic rings. The van der Waals surface area contributed by atoms with Crippen LogP contribution in [0.4, 0.5) is 0 Å². The van der Waals surface area contributed by atoms with E-state index in [1.54, 1.807) is 0 Å². The highest BCUT2D eigenvalue weighted by Gasteiger charge is 2.25. The molecule has 2 N–H and O–H groups in total. The van der Waals surface area contributed by atoms with Gasteiger partial charge in [0.05, 0.1) is 0 Å². The molecule has 1 unspecified atom stereocenters. The fourth-order valence-electron chi connectivity index (χ4n) is 3.37. The molecule has 0 radical (unpaired) electrons. The molecule has 1 fully saturated rings. The van der Waals surface area contributed by atoms with Crippen molar-refractivity contribution in [1.82, 2.24) is 4.57 Å². The third-order valence-electron chi connectivity index (χ3n) is 4.44. The monoisotopic (exact) mass is 242 g/mol. The summed E-state index contributed by atoms with van der Waals surface area (Å²) in [7, 11) is 2.11. The van der Waals surface area contributed by atoms with Crippen molar-refractivity contribution in [2.45, 2.75) is 38.6 Å². The summed E-state index contributed by atoms with van der Waals surface area (Å²) in [6, 6.07) is 6.86. The zero-order valence-electron chi connectivity index (χ0n) is 11.3. The first-order valence-corrected chi connectivity index (χ1v) is 6.98. The van der Waals surface area contributed by atoms with E-state index in [0.717, 1.165) is 0 Å². The quantitative estimate of drug-likeness (QED) is 0.855. The van der Waals surface area contributed by atoms with Crippen molar-refractivity contribution in [3.8, 4) is 0 Å². The molecule has 1 saturated carbocycles. The zero-order chi connectivity index (χ0) is 12.7. The molecule has 1 aromatic carbocycles. The summed E-state index contributed by atoms with van der Waals surface area (Å²) in [6.45, 7) is 2.15. The number of benzene rings is 1. The molecule has 0 amide bonds. The number of rotatable bonds is 2. The normalized spacial score (nSPS) is 18.6. The minimum absolute atomic E-state index is 0.206. The molecule has 1 heterocycles. The highest BCUT2D eigenvalue weighted by atomic mass is 14.9. The maximum atomic E-state index is 6.52. The van der Waals surface area contributed by atoms with Crippen LogP contribution >= 0.6 is 0 Å². The summed E-state index contributed by atoms with van der Waals surface area (Å²) in [6.07, 6.45) is 7.52. The van der Waals surface area contributed by atoms with Gasteiger partial charge in [0.2, 0.25) is 0 Å². The number of nitrogens with zero attached hydrogens (tertiary/aromatic N) is 1. The van der Waals surface area contributed by atoms with E-state index in [4.69, 9.17) is 5.73 Å². The Hall–Kier alpha value is -1.28. The van der Waals surface area contributed by atoms with Crippen molar-refractivity contribution >= 4 is 10.9 Å². The van der Waals surface area contributed by atoms with Crippen molar-refractivity contribution < 1.29 is 0 Å². The predicted molar refractivity (Wildman–Crippen MR) is 76.5 cm³/mol. The third-order valence-corrected chi connectivity index (χ3v) is 4.44. The molecule has 0 aliphatic heterocycles. The van der Waals surface area contributed by atoms with Gasteiger partial charge >= 0.3 is 0 Å². The molecular formula is C16H22N2. The maximum absolute atomic E-state index is 6.52. The topological polar surface area (TPSA) is 30.9 Å². The first-order valence-electron chi connectivity index (χ1n) is 6.98. The summed E-state index contributed by atoms with van der Waals surface area (Å²) < 4.78 is 2.21. The Morgan fingerprint density at radius 1 is 1.28 bits per heavy atom. The molecule has 1 aliphatic carbocycles. The average Bonchev–Trinajstić information content (AvgIpc) is 2.97. The van der Waals surface area contributed by atoms with Gasteiger partial charge < -0.3 is 10.3 Å². The predicted octanol–water partition coefficient (Wildman–Crippen LogP) is 3.68. The molecular weight excluding hydrogens is 220 g/mol. The highest BCUT2D eigenvalue weighted by molar-refractivity contribution is 5.85. The number of fused-ring (bicyclic) bond motifs is 1. The van der Waals surface area contributed by atoms with E-state index in [9.17, 15) is 0 Å². The molecule has 0 bridgehead atoms. The van der Waals surface area contributed by atoms with E-state index in [-0.39, 0.29) is 6.04 Å². The molecule has 18 heavy (non-hydrogen) atoms. The van der Waals surface area contributed by atoms with Crippen molar-refractivity contribution in [3.63, 3.8) is 0 Å². The molecule has 2 aromatic rings. The van der Waals surface area contributed by atoms with E-state index in [1.807, 2.05) is 0 Å². The smallest absolute Gasteiger partial charge is 0.0481 e. The van der Waals surface area contributed by atoms with Crippen LogP contribution < -0.4 is 5.73 Å². The maximum Gasteiger partial charge on any atom is 0.0481 e. The van der Waals surface area contributed by atoms with Gasteiger partial charge in [-0.25, -0.2) is 0 Å². The lowest BCUT2D eigenvalue weighted by molar-refractivity contribution is 0.446. The number of aromatic nitrogens is 1. The van der Waals surface area contributed by atoms with Crippen LogP contribution in [-0.2, 0) is 7.05 Å². The van der Waals surface area contributed by atoms with Gasteiger partial charge in [0.1, 0.15) is 0 Å². The van der Waals surface area contributed by atoms with Crippen molar-refractivity contribution in [2.24, 2.45) is 18.7 Å². The van der Waals surface area contributed by atoms with Crippen molar-refractivity contribution in [2.75, 3.05) is 0 Å². The van der Waals surface area contributed by atoms with Crippen LogP contribution in [0.15, 0.2) is 24.4 Å². The van der Waals surface area contributed by atoms with Crippen molar-refractivity contribution in [3.05, 3.63) is 35.5 Å². The average molecular weight is 242 g/mol. The van der Waals surface area contributed by atoms with E-state index in [1.165, 1.54) is 47.7 Å². The number of nitrogens with two attached hydrogens (primary N) is 1. The second-order valence-electron chi connectivity index (χ2n) is 5.79. The van der Waals surface area contributed by atoms with Gasteiger partial charge in [-0.1, -0.05) is 24.5 Å². The minimum Gasteiger partial charge on any atom is -0.350 e. The van der Waals surface area contributed by atoms with Crippen LogP contribution in [0.2, 0.25) is 0 Å². The van der Waals surface area contributed by atoms with Gasteiger partial charge in [0, 0.05) is 30.2 Å². The van der Waals surface area contributed by atoms with Gasteiger partial charge in [-0.15, -0.1) is 0 Å². The summed E-state index contributed by atoms with van der Waals surface area (Å²) >= 11 is 0. The first kappa shape index (κ1) is 11.8. The van der Waals surface area contributed by atoms with E-state index < -0.39 is 0 Å². The lowest BCUT2D eigenvalue weighted by Crippen LogP contribution is -2.18. The molecule has 2 nitrogen and oxygen atoms in total. The van der Waals surface area contributed by atoms with Crippen molar-refractivity contribution in [1.29, 1.82) is 0 Å². The number of hydrogen-bond acceptors (Lipinski definition) is 1. The van der Waals surface area contributed by atoms with Gasteiger partial charge in [-0.05, 0) is 43.4 Å². The molecule has 0 saturated heterocycles. The number of hydrogen-bond donors (Lipinski definition) is 1. The van der Waals surface area contributed by atoms with Crippen LogP contribution in [-0.4, -0.2) is 4.57 Å². The minimum atomic E-state index is 0.206. The summed E-state index contributed by atoms with van der Waals surface area (Å²) in [4.78, 5) is 0. The van der Waals surface area contributed by atoms with E-state index >= 15 is 0 Å². The Kier molecular flexibility index (Phi) is 2.90. The van der Waals surface area contributed by atoms with E-state index in [0.29, 0.717) is 5.92 Å². The van der Waals surface area contributed by atoms with Gasteiger partial charge in [-0.2, -0.15) is 0 Å². The lowest BCUT2D eigenvalue weighted by atomic mass is 9.92. The standard InChI is InChI=1S/C16H22N2/c1-11-7-8-15-13(9-11)14(10-18(15)2)16(17)12-5-3-4-6-12/h7-10,12,16H,3-6,17H2,1-2H3. The van der Waals surface area contributed by atoms with Crippen LogP contribution in [0, 0.1) is 12.8 Å². The van der Waals surface area contributed by atoms with Gasteiger partial charge in [0.25, 0.3) is 0 Å². The Morgan fingerprint density at radius 2 is 2.00 bits per heavy atom. The second-order valence-corrected chi connectivity index (χ2v) is 5.79. The Labute approximate surface area is 109 Å². The lowest BCUT2D eigenvalue weighted by Gasteiger charge is -2.18. The number of aryl methyl sites for hydroxylation is 2. The SMILES string of the molecule is Cc1ccc2c(c1)c(C(N)C1CCCC1)cn2C. The van der Waals surface area contributed by atoms with E-state index in [2.05, 4.69) is 42.9 Å². The summed E-state index contributed by atoms with van der Waals surface area (Å²) in [5, 5.41) is 1.34. The van der Waals surface area contributed by atoms with Gasteiger partial charge in [-0.3, -0.25) is 0 Å². The Balaban J connectivity index is 2.07. The van der Waals surface area contributed by atoms with Crippen LogP contribution in [0.1, 0.15) is 42.9 Å². The zero-order valence-corrected chi connectivity index (χ0v) is 11.3. The molecule has 2 heteroatoms. The fraction of sp³-hybridized carbons (Fsp3) is 0.500. The Bertz CT molecular complexity index is 562. The van der Waals surface area contributed by atoms with Crippen LogP contribution in [0.25, 0.3) is 10.9 Å².